The van der Waals surface area contributed by atoms with Crippen LogP contribution in [-0.4, -0.2) is 15.2 Å². The summed E-state index contributed by atoms with van der Waals surface area (Å²) < 4.78 is 2.59. The van der Waals surface area contributed by atoms with Crippen LogP contribution in [0.3, 0.4) is 0 Å². The predicted molar refractivity (Wildman–Crippen MR) is 55.7 cm³/mol. The van der Waals surface area contributed by atoms with Crippen molar-refractivity contribution in [1.29, 1.82) is 0 Å². The molecule has 1 aliphatic heterocycles. The first kappa shape index (κ1) is 8.30. The monoisotopic (exact) mass is 265 g/mol. The Morgan fingerprint density at radius 2 is 2.09 bits per heavy atom. The molecule has 2 fully saturated rings. The summed E-state index contributed by atoms with van der Waals surface area (Å²) in [5.41, 5.74) is 0.650. The lowest BCUT2D eigenvalue weighted by atomic mass is 9.96. The van der Waals surface area contributed by atoms with E-state index in [1.165, 1.54) is 38.6 Å². The van der Waals surface area contributed by atoms with Crippen LogP contribution in [0.25, 0.3) is 0 Å². The average Bonchev–Trinajstić information content (AvgIpc) is 2.76. The minimum atomic E-state index is 0.650. The molecule has 0 aromatic rings. The van der Waals surface area contributed by atoms with E-state index < -0.39 is 0 Å². The summed E-state index contributed by atoms with van der Waals surface area (Å²) in [6, 6.07) is 0. The number of hydrogen-bond acceptors (Lipinski definition) is 1. The third-order valence-electron chi connectivity index (χ3n) is 3.40. The van der Waals surface area contributed by atoms with Crippen LogP contribution in [-0.2, 0) is 0 Å². The zero-order valence-electron chi connectivity index (χ0n) is 7.15. The first-order valence-corrected chi connectivity index (χ1v) is 5.66. The Morgan fingerprint density at radius 3 is 2.73 bits per heavy atom. The Balaban J connectivity index is 2.11. The molecule has 0 radical (unpaired) electrons. The highest BCUT2D eigenvalue weighted by Crippen LogP contribution is 2.52. The zero-order valence-corrected chi connectivity index (χ0v) is 9.30. The lowest BCUT2D eigenvalue weighted by Crippen LogP contribution is -2.33. The Labute approximate surface area is 83.0 Å². The van der Waals surface area contributed by atoms with Crippen molar-refractivity contribution >= 4 is 22.9 Å². The SMILES string of the molecule is CC1CCCCN(I)C12CC2. The second-order valence-electron chi connectivity index (χ2n) is 4.09. The van der Waals surface area contributed by atoms with E-state index in [1.807, 2.05) is 0 Å². The van der Waals surface area contributed by atoms with Gasteiger partial charge in [0, 0.05) is 34.9 Å². The molecule has 1 saturated carbocycles. The van der Waals surface area contributed by atoms with Crippen LogP contribution in [0.1, 0.15) is 39.0 Å². The van der Waals surface area contributed by atoms with E-state index in [0.717, 1.165) is 5.92 Å². The quantitative estimate of drug-likeness (QED) is 0.480. The standard InChI is InChI=1S/C9H16IN/c1-8-4-2-3-7-11(10)9(8)5-6-9/h8H,2-7H2,1H3. The average molecular weight is 265 g/mol. The molecule has 0 aromatic heterocycles. The Morgan fingerprint density at radius 1 is 1.36 bits per heavy atom. The molecule has 1 saturated heterocycles. The van der Waals surface area contributed by atoms with Gasteiger partial charge < -0.3 is 0 Å². The number of hydrogen-bond donors (Lipinski definition) is 0. The fourth-order valence-electron chi connectivity index (χ4n) is 2.30. The Hall–Kier alpha value is 0.690. The normalized spacial score (nSPS) is 37.1. The van der Waals surface area contributed by atoms with Crippen LogP contribution in [0.15, 0.2) is 0 Å². The maximum Gasteiger partial charge on any atom is 0.0332 e. The smallest absolute Gasteiger partial charge is 0.0332 e. The van der Waals surface area contributed by atoms with Crippen molar-refractivity contribution in [1.82, 2.24) is 3.11 Å². The molecule has 11 heavy (non-hydrogen) atoms. The van der Waals surface area contributed by atoms with E-state index in [2.05, 4.69) is 32.9 Å². The summed E-state index contributed by atoms with van der Waals surface area (Å²) in [6.45, 7) is 3.76. The number of rotatable bonds is 0. The van der Waals surface area contributed by atoms with Crippen molar-refractivity contribution in [2.24, 2.45) is 5.92 Å². The molecule has 1 unspecified atom stereocenters. The van der Waals surface area contributed by atoms with Gasteiger partial charge in [-0.3, -0.25) is 0 Å². The summed E-state index contributed by atoms with van der Waals surface area (Å²) in [5, 5.41) is 0. The van der Waals surface area contributed by atoms with Crippen LogP contribution < -0.4 is 0 Å². The zero-order chi connectivity index (χ0) is 7.90. The molecule has 2 rings (SSSR count). The van der Waals surface area contributed by atoms with Crippen LogP contribution >= 0.6 is 22.9 Å². The van der Waals surface area contributed by atoms with Gasteiger partial charge in [0.15, 0.2) is 0 Å². The van der Waals surface area contributed by atoms with Crippen molar-refractivity contribution < 1.29 is 0 Å². The molecular weight excluding hydrogens is 249 g/mol. The molecule has 1 spiro atoms. The second kappa shape index (κ2) is 2.87. The molecule has 2 heteroatoms. The first-order valence-electron chi connectivity index (χ1n) is 4.69. The van der Waals surface area contributed by atoms with Gasteiger partial charge in [-0.05, 0) is 31.6 Å². The topological polar surface area (TPSA) is 3.24 Å². The molecule has 0 N–H and O–H groups in total. The van der Waals surface area contributed by atoms with E-state index in [9.17, 15) is 0 Å². The lowest BCUT2D eigenvalue weighted by molar-refractivity contribution is 0.283. The molecule has 1 nitrogen and oxygen atoms in total. The molecule has 64 valence electrons. The molecule has 1 atom stereocenters. The van der Waals surface area contributed by atoms with Crippen molar-refractivity contribution in [3.63, 3.8) is 0 Å². The minimum absolute atomic E-state index is 0.650. The molecule has 0 aromatic carbocycles. The van der Waals surface area contributed by atoms with Crippen molar-refractivity contribution in [3.8, 4) is 0 Å². The summed E-state index contributed by atoms with van der Waals surface area (Å²) in [6.07, 6.45) is 7.23. The van der Waals surface area contributed by atoms with Gasteiger partial charge in [0.2, 0.25) is 0 Å². The van der Waals surface area contributed by atoms with Crippen molar-refractivity contribution in [2.75, 3.05) is 6.54 Å². The Bertz CT molecular complexity index is 140. The van der Waals surface area contributed by atoms with Crippen molar-refractivity contribution in [3.05, 3.63) is 0 Å². The first-order chi connectivity index (χ1) is 5.26. The van der Waals surface area contributed by atoms with Gasteiger partial charge in [-0.1, -0.05) is 13.3 Å². The van der Waals surface area contributed by atoms with Gasteiger partial charge >= 0.3 is 0 Å². The summed E-state index contributed by atoms with van der Waals surface area (Å²) >= 11 is 2.54. The van der Waals surface area contributed by atoms with Gasteiger partial charge in [0.25, 0.3) is 0 Å². The van der Waals surface area contributed by atoms with E-state index in [1.54, 1.807) is 0 Å². The number of halogens is 1. The summed E-state index contributed by atoms with van der Waals surface area (Å²) in [5.74, 6) is 0.946. The second-order valence-corrected chi connectivity index (χ2v) is 5.25. The van der Waals surface area contributed by atoms with Crippen LogP contribution in [0.4, 0.5) is 0 Å². The summed E-state index contributed by atoms with van der Waals surface area (Å²) in [4.78, 5) is 0. The van der Waals surface area contributed by atoms with Crippen LogP contribution in [0, 0.1) is 5.92 Å². The predicted octanol–water partition coefficient (Wildman–Crippen LogP) is 2.99. The van der Waals surface area contributed by atoms with E-state index >= 15 is 0 Å². The number of nitrogens with zero attached hydrogens (tertiary/aromatic N) is 1. The van der Waals surface area contributed by atoms with Gasteiger partial charge in [-0.25, -0.2) is 3.11 Å². The van der Waals surface area contributed by atoms with Gasteiger partial charge in [0.1, 0.15) is 0 Å². The molecule has 0 bridgehead atoms. The highest BCUT2D eigenvalue weighted by Gasteiger charge is 2.51. The van der Waals surface area contributed by atoms with Gasteiger partial charge in [0.05, 0.1) is 0 Å². The molecular formula is C9H16IN. The van der Waals surface area contributed by atoms with Gasteiger partial charge in [-0.15, -0.1) is 0 Å². The maximum absolute atomic E-state index is 2.59. The fourth-order valence-corrected chi connectivity index (χ4v) is 3.59. The Kier molecular flexibility index (Phi) is 2.17. The van der Waals surface area contributed by atoms with Crippen molar-refractivity contribution in [2.45, 2.75) is 44.6 Å². The maximum atomic E-state index is 2.59. The fraction of sp³-hybridized carbons (Fsp3) is 1.00. The largest absolute Gasteiger partial charge is 0.241 e. The van der Waals surface area contributed by atoms with E-state index in [-0.39, 0.29) is 0 Å². The molecule has 1 aliphatic carbocycles. The molecule has 2 aliphatic rings. The third-order valence-corrected chi connectivity index (χ3v) is 4.85. The van der Waals surface area contributed by atoms with Crippen LogP contribution in [0.2, 0.25) is 0 Å². The van der Waals surface area contributed by atoms with E-state index in [4.69, 9.17) is 0 Å². The molecule has 1 heterocycles. The highest BCUT2D eigenvalue weighted by molar-refractivity contribution is 14.1. The van der Waals surface area contributed by atoms with E-state index in [0.29, 0.717) is 5.54 Å². The summed E-state index contributed by atoms with van der Waals surface area (Å²) in [7, 11) is 0. The lowest BCUT2D eigenvalue weighted by Gasteiger charge is -2.28. The van der Waals surface area contributed by atoms with Gasteiger partial charge in [-0.2, -0.15) is 0 Å². The minimum Gasteiger partial charge on any atom is -0.241 e. The highest BCUT2D eigenvalue weighted by atomic mass is 127. The van der Waals surface area contributed by atoms with Crippen LogP contribution in [0.5, 0.6) is 0 Å². The molecule has 0 amide bonds. The third kappa shape index (κ3) is 1.32.